The van der Waals surface area contributed by atoms with Crippen LogP contribution in [0.5, 0.6) is 5.75 Å². The van der Waals surface area contributed by atoms with Gasteiger partial charge in [-0.2, -0.15) is 13.2 Å². The molecule has 0 saturated heterocycles. The molecule has 0 spiro atoms. The number of halogens is 3. The molecule has 0 aromatic heterocycles. The molecule has 0 radical (unpaired) electrons. The molecule has 1 rings (SSSR count). The average molecular weight is 276 g/mol. The average Bonchev–Trinajstić information content (AvgIpc) is 2.26. The van der Waals surface area contributed by atoms with Crippen molar-refractivity contribution in [2.45, 2.75) is 6.30 Å². The van der Waals surface area contributed by atoms with Crippen molar-refractivity contribution in [1.29, 1.82) is 0 Å². The van der Waals surface area contributed by atoms with Crippen molar-refractivity contribution in [2.24, 2.45) is 0 Å². The number of benzene rings is 1. The molecule has 0 fully saturated rings. The summed E-state index contributed by atoms with van der Waals surface area (Å²) in [5.74, 6) is -1.10. The lowest BCUT2D eigenvalue weighted by molar-refractivity contribution is -0.146. The molecule has 19 heavy (non-hydrogen) atoms. The third kappa shape index (κ3) is 5.60. The Kier molecular flexibility index (Phi) is 5.17. The van der Waals surface area contributed by atoms with Gasteiger partial charge in [0.25, 0.3) is 5.91 Å². The molecule has 106 valence electrons. The molecular formula is C12H15F3N2O2. The number of nitrogens with one attached hydrogen (secondary N) is 1. The van der Waals surface area contributed by atoms with E-state index in [0.717, 1.165) is 5.32 Å². The van der Waals surface area contributed by atoms with Crippen LogP contribution in [0.1, 0.15) is 10.4 Å². The monoisotopic (exact) mass is 276 g/mol. The SMILES string of the molecule is CN(C)CCOc1ccccc1C(=O)NC(F)(F)F. The first-order chi connectivity index (χ1) is 8.79. The molecule has 0 unspecified atom stereocenters. The Morgan fingerprint density at radius 2 is 1.95 bits per heavy atom. The van der Waals surface area contributed by atoms with E-state index in [1.165, 1.54) is 18.2 Å². The summed E-state index contributed by atoms with van der Waals surface area (Å²) in [5, 5.41) is 0.946. The third-order valence-electron chi connectivity index (χ3n) is 2.18. The number of likely N-dealkylation sites (N-methyl/N-ethyl adjacent to an activating group) is 1. The molecule has 0 saturated carbocycles. The quantitative estimate of drug-likeness (QED) is 0.835. The number of rotatable bonds is 5. The second-order valence-electron chi connectivity index (χ2n) is 4.10. The predicted molar refractivity (Wildman–Crippen MR) is 64.0 cm³/mol. The minimum atomic E-state index is -4.76. The van der Waals surface area contributed by atoms with Crippen LogP contribution < -0.4 is 10.1 Å². The van der Waals surface area contributed by atoms with E-state index in [0.29, 0.717) is 6.54 Å². The number of para-hydroxylation sites is 1. The van der Waals surface area contributed by atoms with Crippen molar-refractivity contribution in [3.8, 4) is 5.75 Å². The summed E-state index contributed by atoms with van der Waals surface area (Å²) < 4.78 is 41.6. The van der Waals surface area contributed by atoms with Gasteiger partial charge in [-0.1, -0.05) is 12.1 Å². The highest BCUT2D eigenvalue weighted by Crippen LogP contribution is 2.20. The van der Waals surface area contributed by atoms with Gasteiger partial charge in [-0.25, -0.2) is 0 Å². The van der Waals surface area contributed by atoms with E-state index >= 15 is 0 Å². The second-order valence-corrected chi connectivity index (χ2v) is 4.10. The summed E-state index contributed by atoms with van der Waals surface area (Å²) in [6.45, 7) is 0.874. The number of nitrogens with zero attached hydrogens (tertiary/aromatic N) is 1. The van der Waals surface area contributed by atoms with Gasteiger partial charge < -0.3 is 9.64 Å². The topological polar surface area (TPSA) is 41.6 Å². The van der Waals surface area contributed by atoms with E-state index in [9.17, 15) is 18.0 Å². The lowest BCUT2D eigenvalue weighted by atomic mass is 10.2. The Labute approximate surface area is 109 Å². The van der Waals surface area contributed by atoms with Gasteiger partial charge in [-0.3, -0.25) is 10.1 Å². The van der Waals surface area contributed by atoms with E-state index in [-0.39, 0.29) is 17.9 Å². The Morgan fingerprint density at radius 3 is 2.53 bits per heavy atom. The number of carbonyl (C=O) groups excluding carboxylic acids is 1. The van der Waals surface area contributed by atoms with E-state index < -0.39 is 12.2 Å². The zero-order chi connectivity index (χ0) is 14.5. The molecule has 1 amide bonds. The molecular weight excluding hydrogens is 261 g/mol. The summed E-state index contributed by atoms with van der Waals surface area (Å²) in [7, 11) is 3.68. The van der Waals surface area contributed by atoms with Crippen molar-refractivity contribution >= 4 is 5.91 Å². The highest BCUT2D eigenvalue weighted by molar-refractivity contribution is 5.97. The maximum Gasteiger partial charge on any atom is 0.484 e. The van der Waals surface area contributed by atoms with Gasteiger partial charge in [-0.15, -0.1) is 0 Å². The first-order valence-electron chi connectivity index (χ1n) is 5.55. The van der Waals surface area contributed by atoms with E-state index in [1.54, 1.807) is 6.07 Å². The summed E-state index contributed by atoms with van der Waals surface area (Å²) in [5.41, 5.74) is -0.140. The molecule has 0 aliphatic carbocycles. The zero-order valence-corrected chi connectivity index (χ0v) is 10.6. The van der Waals surface area contributed by atoms with Crippen LogP contribution in [-0.4, -0.2) is 44.4 Å². The largest absolute Gasteiger partial charge is 0.491 e. The van der Waals surface area contributed by atoms with Crippen molar-refractivity contribution < 1.29 is 22.7 Å². The molecule has 1 aromatic rings. The first kappa shape index (κ1) is 15.3. The second kappa shape index (κ2) is 6.42. The van der Waals surface area contributed by atoms with Crippen molar-refractivity contribution in [1.82, 2.24) is 10.2 Å². The van der Waals surface area contributed by atoms with Gasteiger partial charge in [0.15, 0.2) is 0 Å². The van der Waals surface area contributed by atoms with E-state index in [1.807, 2.05) is 19.0 Å². The van der Waals surface area contributed by atoms with E-state index in [4.69, 9.17) is 4.74 Å². The molecule has 1 N–H and O–H groups in total. The van der Waals surface area contributed by atoms with Crippen LogP contribution in [0.3, 0.4) is 0 Å². The fourth-order valence-electron chi connectivity index (χ4n) is 1.31. The van der Waals surface area contributed by atoms with Gasteiger partial charge in [0.2, 0.25) is 0 Å². The Morgan fingerprint density at radius 1 is 1.32 bits per heavy atom. The molecule has 0 aliphatic rings. The number of hydrogen-bond donors (Lipinski definition) is 1. The van der Waals surface area contributed by atoms with Crippen LogP contribution in [0, 0.1) is 0 Å². The molecule has 0 bridgehead atoms. The number of ether oxygens (including phenoxy) is 1. The summed E-state index contributed by atoms with van der Waals surface area (Å²) in [6.07, 6.45) is -4.76. The fraction of sp³-hybridized carbons (Fsp3) is 0.417. The highest BCUT2D eigenvalue weighted by atomic mass is 19.4. The van der Waals surface area contributed by atoms with Gasteiger partial charge >= 0.3 is 6.30 Å². The van der Waals surface area contributed by atoms with Gasteiger partial charge in [0.1, 0.15) is 12.4 Å². The summed E-state index contributed by atoms with van der Waals surface area (Å²) in [4.78, 5) is 13.3. The van der Waals surface area contributed by atoms with Crippen molar-refractivity contribution in [3.63, 3.8) is 0 Å². The standard InChI is InChI=1S/C12H15F3N2O2/c1-17(2)7-8-19-10-6-4-3-5-9(10)11(18)16-12(13,14)15/h3-6H,7-8H2,1-2H3,(H,16,18). The smallest absolute Gasteiger partial charge is 0.484 e. The lowest BCUT2D eigenvalue weighted by Crippen LogP contribution is -2.37. The first-order valence-corrected chi connectivity index (χ1v) is 5.55. The molecule has 1 aromatic carbocycles. The summed E-state index contributed by atoms with van der Waals surface area (Å²) >= 11 is 0. The Bertz CT molecular complexity index is 433. The predicted octanol–water partition coefficient (Wildman–Crippen LogP) is 1.88. The lowest BCUT2D eigenvalue weighted by Gasteiger charge is -2.14. The van der Waals surface area contributed by atoms with Crippen LogP contribution in [0.4, 0.5) is 13.2 Å². The van der Waals surface area contributed by atoms with Gasteiger partial charge in [0.05, 0.1) is 5.56 Å². The molecule has 0 atom stereocenters. The molecule has 4 nitrogen and oxygen atoms in total. The number of alkyl halides is 3. The van der Waals surface area contributed by atoms with Crippen LogP contribution in [0.15, 0.2) is 24.3 Å². The minimum absolute atomic E-state index is 0.131. The minimum Gasteiger partial charge on any atom is -0.491 e. The Balaban J connectivity index is 2.75. The van der Waals surface area contributed by atoms with E-state index in [2.05, 4.69) is 0 Å². The third-order valence-corrected chi connectivity index (χ3v) is 2.18. The van der Waals surface area contributed by atoms with Crippen LogP contribution in [-0.2, 0) is 0 Å². The van der Waals surface area contributed by atoms with Crippen LogP contribution in [0.25, 0.3) is 0 Å². The van der Waals surface area contributed by atoms with Gasteiger partial charge in [-0.05, 0) is 26.2 Å². The Hall–Kier alpha value is -1.76. The highest BCUT2D eigenvalue weighted by Gasteiger charge is 2.31. The zero-order valence-electron chi connectivity index (χ0n) is 10.6. The normalized spacial score (nSPS) is 11.5. The van der Waals surface area contributed by atoms with Gasteiger partial charge in [0, 0.05) is 6.54 Å². The van der Waals surface area contributed by atoms with Crippen LogP contribution in [0.2, 0.25) is 0 Å². The number of hydrogen-bond acceptors (Lipinski definition) is 3. The maximum atomic E-state index is 12.1. The summed E-state index contributed by atoms with van der Waals surface area (Å²) in [6, 6.07) is 5.81. The van der Waals surface area contributed by atoms with Crippen molar-refractivity contribution in [3.05, 3.63) is 29.8 Å². The number of amides is 1. The van der Waals surface area contributed by atoms with Crippen LogP contribution >= 0.6 is 0 Å². The molecule has 0 heterocycles. The molecule has 0 aliphatic heterocycles. The number of carbonyl (C=O) groups is 1. The van der Waals surface area contributed by atoms with Crippen molar-refractivity contribution in [2.75, 3.05) is 27.2 Å². The maximum absolute atomic E-state index is 12.1. The fourth-order valence-corrected chi connectivity index (χ4v) is 1.31. The molecule has 7 heteroatoms.